The van der Waals surface area contributed by atoms with Crippen molar-refractivity contribution in [2.75, 3.05) is 12.4 Å². The summed E-state index contributed by atoms with van der Waals surface area (Å²) in [4.78, 5) is 23.4. The van der Waals surface area contributed by atoms with E-state index in [4.69, 9.17) is 28.6 Å². The minimum Gasteiger partial charge on any atom is -0.495 e. The highest BCUT2D eigenvalue weighted by Crippen LogP contribution is 2.33. The van der Waals surface area contributed by atoms with Crippen molar-refractivity contribution in [2.24, 2.45) is 0 Å². The van der Waals surface area contributed by atoms with Crippen LogP contribution in [0.4, 0.5) is 5.69 Å². The molecule has 0 saturated heterocycles. The van der Waals surface area contributed by atoms with E-state index in [1.54, 1.807) is 12.1 Å². The third kappa shape index (κ3) is 6.03. The minimum atomic E-state index is -1.17. The Labute approximate surface area is 188 Å². The molecule has 0 spiro atoms. The van der Waals surface area contributed by atoms with E-state index in [2.05, 4.69) is 42.5 Å². The molecular formula is C18H13Br2ClN2O4S. The van der Waals surface area contributed by atoms with Crippen molar-refractivity contribution < 1.29 is 19.4 Å². The first-order valence-corrected chi connectivity index (χ1v) is 9.94. The number of carboxylic acids is 1. The van der Waals surface area contributed by atoms with Gasteiger partial charge < -0.3 is 15.2 Å². The van der Waals surface area contributed by atoms with Gasteiger partial charge in [-0.1, -0.05) is 27.5 Å². The maximum Gasteiger partial charge on any atom is 0.337 e. The summed E-state index contributed by atoms with van der Waals surface area (Å²) in [6.07, 6.45) is 2.85. The van der Waals surface area contributed by atoms with E-state index in [9.17, 15) is 14.7 Å². The van der Waals surface area contributed by atoms with Gasteiger partial charge in [0.25, 0.3) is 0 Å². The van der Waals surface area contributed by atoms with Crippen molar-refractivity contribution in [3.63, 3.8) is 0 Å². The van der Waals surface area contributed by atoms with Gasteiger partial charge in [-0.3, -0.25) is 10.1 Å². The molecule has 0 bridgehead atoms. The largest absolute Gasteiger partial charge is 0.495 e. The predicted molar refractivity (Wildman–Crippen MR) is 120 cm³/mol. The number of halogens is 3. The van der Waals surface area contributed by atoms with Gasteiger partial charge >= 0.3 is 5.97 Å². The fraction of sp³-hybridized carbons (Fsp3) is 0.0556. The van der Waals surface area contributed by atoms with Crippen molar-refractivity contribution >= 4 is 84.4 Å². The number of hydrogen-bond acceptors (Lipinski definition) is 4. The number of carboxylic acid groups (broad SMARTS) is 1. The lowest BCUT2D eigenvalue weighted by atomic mass is 10.2. The van der Waals surface area contributed by atoms with Crippen LogP contribution in [0.3, 0.4) is 0 Å². The average Bonchev–Trinajstić information content (AvgIpc) is 2.60. The lowest BCUT2D eigenvalue weighted by molar-refractivity contribution is -0.115. The van der Waals surface area contributed by atoms with E-state index >= 15 is 0 Å². The maximum atomic E-state index is 12.1. The van der Waals surface area contributed by atoms with Crippen LogP contribution in [0.5, 0.6) is 5.75 Å². The van der Waals surface area contributed by atoms with Crippen molar-refractivity contribution in [1.82, 2.24) is 5.32 Å². The molecule has 0 atom stereocenters. The number of carbonyl (C=O) groups is 2. The minimum absolute atomic E-state index is 0.0538. The second-order valence-electron chi connectivity index (χ2n) is 5.28. The molecule has 28 heavy (non-hydrogen) atoms. The number of nitrogens with one attached hydrogen (secondary N) is 2. The Morgan fingerprint density at radius 3 is 2.61 bits per heavy atom. The summed E-state index contributed by atoms with van der Waals surface area (Å²) in [7, 11) is 1.52. The number of thiocarbonyl (C=S) groups is 1. The number of methoxy groups -OCH3 is 1. The second-order valence-corrected chi connectivity index (χ2v) is 7.90. The lowest BCUT2D eigenvalue weighted by Crippen LogP contribution is -2.33. The molecule has 0 aromatic heterocycles. The van der Waals surface area contributed by atoms with Crippen LogP contribution < -0.4 is 15.4 Å². The van der Waals surface area contributed by atoms with E-state index in [1.165, 1.54) is 31.4 Å². The Balaban J connectivity index is 2.09. The zero-order valence-corrected chi connectivity index (χ0v) is 19.0. The number of benzene rings is 2. The smallest absolute Gasteiger partial charge is 0.337 e. The number of aromatic carboxylic acids is 1. The molecule has 0 heterocycles. The molecule has 146 valence electrons. The highest BCUT2D eigenvalue weighted by molar-refractivity contribution is 9.11. The highest BCUT2D eigenvalue weighted by Gasteiger charge is 2.13. The molecule has 0 saturated carbocycles. The molecule has 2 aromatic carbocycles. The van der Waals surface area contributed by atoms with Crippen LogP contribution in [0, 0.1) is 0 Å². The SMILES string of the molecule is COc1c(Br)cc(Br)cc1/C=C/C(=O)NC(=S)Nc1ccc(Cl)cc1C(=O)O. The normalized spacial score (nSPS) is 10.6. The summed E-state index contributed by atoms with van der Waals surface area (Å²) in [5.41, 5.74) is 0.816. The number of carbonyl (C=O) groups excluding carboxylic acids is 1. The van der Waals surface area contributed by atoms with Crippen molar-refractivity contribution in [1.29, 1.82) is 0 Å². The van der Waals surface area contributed by atoms with Gasteiger partial charge in [0, 0.05) is 21.1 Å². The Morgan fingerprint density at radius 2 is 1.96 bits per heavy atom. The number of hydrogen-bond donors (Lipinski definition) is 3. The van der Waals surface area contributed by atoms with Crippen LogP contribution in [0.1, 0.15) is 15.9 Å². The summed E-state index contributed by atoms with van der Waals surface area (Å²) in [5, 5.41) is 14.6. The fourth-order valence-corrected chi connectivity index (χ4v) is 4.00. The van der Waals surface area contributed by atoms with E-state index < -0.39 is 11.9 Å². The highest BCUT2D eigenvalue weighted by atomic mass is 79.9. The Kier molecular flexibility index (Phi) is 7.99. The van der Waals surface area contributed by atoms with Gasteiger partial charge in [-0.05, 0) is 64.6 Å². The molecule has 0 aliphatic carbocycles. The molecule has 0 unspecified atom stereocenters. The van der Waals surface area contributed by atoms with Gasteiger partial charge in [0.15, 0.2) is 5.11 Å². The first kappa shape index (κ1) is 22.4. The monoisotopic (exact) mass is 546 g/mol. The quantitative estimate of drug-likeness (QED) is 0.356. The van der Waals surface area contributed by atoms with Gasteiger partial charge in [-0.25, -0.2) is 4.79 Å². The average molecular weight is 549 g/mol. The van der Waals surface area contributed by atoms with Crippen molar-refractivity contribution in [2.45, 2.75) is 0 Å². The molecule has 0 aliphatic heterocycles. The molecule has 0 aliphatic rings. The molecular weight excluding hydrogens is 536 g/mol. The van der Waals surface area contributed by atoms with Crippen LogP contribution >= 0.6 is 55.7 Å². The van der Waals surface area contributed by atoms with E-state index in [1.807, 2.05) is 6.07 Å². The molecule has 3 N–H and O–H groups in total. The maximum absolute atomic E-state index is 12.1. The zero-order chi connectivity index (χ0) is 20.8. The first-order chi connectivity index (χ1) is 13.2. The summed E-state index contributed by atoms with van der Waals surface area (Å²) in [6, 6.07) is 7.87. The number of ether oxygens (including phenoxy) is 1. The number of amides is 1. The first-order valence-electron chi connectivity index (χ1n) is 7.57. The van der Waals surface area contributed by atoms with Crippen LogP contribution in [0.2, 0.25) is 5.02 Å². The van der Waals surface area contributed by atoms with Crippen LogP contribution in [0.25, 0.3) is 6.08 Å². The van der Waals surface area contributed by atoms with Gasteiger partial charge in [0.1, 0.15) is 5.75 Å². The van der Waals surface area contributed by atoms with Crippen molar-refractivity contribution in [3.8, 4) is 5.75 Å². The van der Waals surface area contributed by atoms with Gasteiger partial charge in [0.2, 0.25) is 5.91 Å². The van der Waals surface area contributed by atoms with Crippen LogP contribution in [0.15, 0.2) is 45.4 Å². The molecule has 10 heteroatoms. The fourth-order valence-electron chi connectivity index (χ4n) is 2.19. The number of anilines is 1. The standard InChI is InChI=1S/C18H13Br2ClN2O4S/c1-27-16-9(6-10(19)7-13(16)20)2-5-15(24)23-18(28)22-14-4-3-11(21)8-12(14)17(25)26/h2-8H,1H3,(H,25,26)(H2,22,23,24,28)/b5-2+. The Bertz CT molecular complexity index is 982. The third-order valence-corrected chi connectivity index (χ3v) is 4.84. The topological polar surface area (TPSA) is 87.7 Å². The van der Waals surface area contributed by atoms with E-state index in [0.717, 1.165) is 8.95 Å². The summed E-state index contributed by atoms with van der Waals surface area (Å²) in [5.74, 6) is -1.10. The molecule has 0 radical (unpaired) electrons. The summed E-state index contributed by atoms with van der Waals surface area (Å²) in [6.45, 7) is 0. The van der Waals surface area contributed by atoms with Gasteiger partial charge in [-0.15, -0.1) is 0 Å². The molecule has 2 aromatic rings. The van der Waals surface area contributed by atoms with Crippen LogP contribution in [-0.2, 0) is 4.79 Å². The van der Waals surface area contributed by atoms with Crippen molar-refractivity contribution in [3.05, 3.63) is 61.5 Å². The van der Waals surface area contributed by atoms with Crippen LogP contribution in [-0.4, -0.2) is 29.2 Å². The molecule has 1 amide bonds. The van der Waals surface area contributed by atoms with Gasteiger partial charge in [0.05, 0.1) is 22.8 Å². The Morgan fingerprint density at radius 1 is 1.25 bits per heavy atom. The zero-order valence-electron chi connectivity index (χ0n) is 14.3. The third-order valence-electron chi connectivity index (χ3n) is 3.35. The predicted octanol–water partition coefficient (Wildman–Crippen LogP) is 5.10. The molecule has 6 nitrogen and oxygen atoms in total. The molecule has 2 rings (SSSR count). The van der Waals surface area contributed by atoms with E-state index in [0.29, 0.717) is 11.3 Å². The molecule has 0 fully saturated rings. The summed E-state index contributed by atoms with van der Waals surface area (Å²) < 4.78 is 6.85. The number of rotatable bonds is 5. The van der Waals surface area contributed by atoms with E-state index in [-0.39, 0.29) is 21.4 Å². The summed E-state index contributed by atoms with van der Waals surface area (Å²) >= 11 is 17.6. The Hall–Kier alpha value is -1.94. The van der Waals surface area contributed by atoms with Gasteiger partial charge in [-0.2, -0.15) is 0 Å². The lowest BCUT2D eigenvalue weighted by Gasteiger charge is -2.11. The second kappa shape index (κ2) is 10.0.